The summed E-state index contributed by atoms with van der Waals surface area (Å²) in [7, 11) is 0. The Hall–Kier alpha value is -2.35. The maximum atomic E-state index is 4.51. The molecule has 2 heteroatoms. The molecule has 0 aliphatic heterocycles. The van der Waals surface area contributed by atoms with E-state index in [-0.39, 0.29) is 0 Å². The van der Waals surface area contributed by atoms with E-state index in [2.05, 4.69) is 40.3 Å². The molecule has 0 radical (unpaired) electrons. The van der Waals surface area contributed by atoms with Gasteiger partial charge in [-0.25, -0.2) is 0 Å². The van der Waals surface area contributed by atoms with Gasteiger partial charge in [-0.1, -0.05) is 36.4 Å². The van der Waals surface area contributed by atoms with E-state index in [9.17, 15) is 0 Å². The fourth-order valence-electron chi connectivity index (χ4n) is 2.44. The second-order valence-electron chi connectivity index (χ2n) is 4.23. The summed E-state index contributed by atoms with van der Waals surface area (Å²) in [5, 5.41) is 3.61. The van der Waals surface area contributed by atoms with Gasteiger partial charge in [0.25, 0.3) is 0 Å². The summed E-state index contributed by atoms with van der Waals surface area (Å²) < 4.78 is 0. The lowest BCUT2D eigenvalue weighted by atomic mass is 10.1. The van der Waals surface area contributed by atoms with E-state index >= 15 is 0 Å². The zero-order valence-electron chi connectivity index (χ0n) is 9.14. The Kier molecular flexibility index (Phi) is 1.59. The van der Waals surface area contributed by atoms with Crippen LogP contribution in [0.5, 0.6) is 0 Å². The molecule has 2 aromatic heterocycles. The first kappa shape index (κ1) is 8.76. The van der Waals surface area contributed by atoms with Gasteiger partial charge in [-0.15, -0.1) is 0 Å². The van der Waals surface area contributed by atoms with Crippen LogP contribution in [0.2, 0.25) is 0 Å². The molecule has 2 aromatic carbocycles. The third kappa shape index (κ3) is 1.12. The van der Waals surface area contributed by atoms with Gasteiger partial charge < -0.3 is 4.98 Å². The third-order valence-corrected chi connectivity index (χ3v) is 3.25. The fourth-order valence-corrected chi connectivity index (χ4v) is 2.44. The lowest BCUT2D eigenvalue weighted by molar-refractivity contribution is 1.44. The van der Waals surface area contributed by atoms with Crippen molar-refractivity contribution in [2.45, 2.75) is 0 Å². The first-order valence-electron chi connectivity index (χ1n) is 5.68. The van der Waals surface area contributed by atoms with Crippen molar-refractivity contribution in [1.29, 1.82) is 0 Å². The highest BCUT2D eigenvalue weighted by molar-refractivity contribution is 6.15. The Labute approximate surface area is 97.9 Å². The second kappa shape index (κ2) is 3.08. The lowest BCUT2D eigenvalue weighted by Crippen LogP contribution is -1.79. The molecule has 0 spiro atoms. The van der Waals surface area contributed by atoms with Crippen molar-refractivity contribution in [3.63, 3.8) is 0 Å². The monoisotopic (exact) mass is 218 g/mol. The summed E-state index contributed by atoms with van der Waals surface area (Å²) >= 11 is 0. The highest BCUT2D eigenvalue weighted by Crippen LogP contribution is 2.29. The van der Waals surface area contributed by atoms with E-state index in [1.807, 2.05) is 24.4 Å². The molecule has 2 heterocycles. The number of aromatic nitrogens is 2. The molecule has 2 nitrogen and oxygen atoms in total. The van der Waals surface area contributed by atoms with E-state index < -0.39 is 0 Å². The Morgan fingerprint density at radius 2 is 1.53 bits per heavy atom. The standard InChI is InChI=1S/C15H10N2/c1-4-8-14-10(5-1)12-9-16-13-7-3-2-6-11(13)15(12)17-14/h1-9,17H. The minimum atomic E-state index is 1.03. The van der Waals surface area contributed by atoms with Crippen molar-refractivity contribution in [2.24, 2.45) is 0 Å². The van der Waals surface area contributed by atoms with Crippen LogP contribution < -0.4 is 0 Å². The van der Waals surface area contributed by atoms with Gasteiger partial charge in [0.2, 0.25) is 0 Å². The van der Waals surface area contributed by atoms with Crippen LogP contribution >= 0.6 is 0 Å². The maximum absolute atomic E-state index is 4.51. The molecule has 4 aromatic rings. The van der Waals surface area contributed by atoms with Crippen molar-refractivity contribution in [3.05, 3.63) is 54.7 Å². The summed E-state index contributed by atoms with van der Waals surface area (Å²) in [5.74, 6) is 0. The van der Waals surface area contributed by atoms with Crippen molar-refractivity contribution < 1.29 is 0 Å². The molecule has 0 aliphatic carbocycles. The van der Waals surface area contributed by atoms with Gasteiger partial charge in [0.1, 0.15) is 0 Å². The van der Waals surface area contributed by atoms with E-state index in [1.165, 1.54) is 27.2 Å². The minimum absolute atomic E-state index is 1.03. The second-order valence-corrected chi connectivity index (χ2v) is 4.23. The number of aromatic amines is 1. The van der Waals surface area contributed by atoms with Crippen LogP contribution in [0, 0.1) is 0 Å². The smallest absolute Gasteiger partial charge is 0.0723 e. The van der Waals surface area contributed by atoms with E-state index in [0.717, 1.165) is 5.52 Å². The normalized spacial score (nSPS) is 11.5. The number of nitrogens with zero attached hydrogens (tertiary/aromatic N) is 1. The first-order valence-corrected chi connectivity index (χ1v) is 5.68. The molecule has 0 bridgehead atoms. The minimum Gasteiger partial charge on any atom is -0.354 e. The molecule has 4 rings (SSSR count). The van der Waals surface area contributed by atoms with Crippen LogP contribution in [0.4, 0.5) is 0 Å². The molecule has 0 saturated heterocycles. The molecule has 0 atom stereocenters. The quantitative estimate of drug-likeness (QED) is 0.477. The first-order chi connectivity index (χ1) is 8.43. The molecule has 1 N–H and O–H groups in total. The predicted molar refractivity (Wildman–Crippen MR) is 71.1 cm³/mol. The molecule has 0 aliphatic rings. The van der Waals surface area contributed by atoms with E-state index in [4.69, 9.17) is 0 Å². The number of hydrogen-bond acceptors (Lipinski definition) is 1. The van der Waals surface area contributed by atoms with Gasteiger partial charge in [-0.2, -0.15) is 0 Å². The molecule has 0 amide bonds. The highest BCUT2D eigenvalue weighted by atomic mass is 14.7. The molecule has 17 heavy (non-hydrogen) atoms. The topological polar surface area (TPSA) is 28.7 Å². The number of rotatable bonds is 0. The number of fused-ring (bicyclic) bond motifs is 5. The van der Waals surface area contributed by atoms with Gasteiger partial charge in [0.15, 0.2) is 0 Å². The van der Waals surface area contributed by atoms with E-state index in [1.54, 1.807) is 0 Å². The SMILES string of the molecule is c1ccc2c(c1)ncc1c3ccccc3[nH]c21. The summed E-state index contributed by atoms with van der Waals surface area (Å²) in [5.41, 5.74) is 3.38. The number of benzene rings is 2. The number of H-pyrrole nitrogens is 1. The van der Waals surface area contributed by atoms with Crippen LogP contribution in [-0.4, -0.2) is 9.97 Å². The number of para-hydroxylation sites is 2. The van der Waals surface area contributed by atoms with Crippen LogP contribution in [0.25, 0.3) is 32.7 Å². The Balaban J connectivity index is 2.34. The molecule has 0 fully saturated rings. The number of nitrogens with one attached hydrogen (secondary N) is 1. The Morgan fingerprint density at radius 1 is 0.765 bits per heavy atom. The Bertz CT molecular complexity index is 843. The van der Waals surface area contributed by atoms with Crippen molar-refractivity contribution in [1.82, 2.24) is 9.97 Å². The van der Waals surface area contributed by atoms with Gasteiger partial charge in [-0.3, -0.25) is 4.98 Å². The average molecular weight is 218 g/mol. The number of hydrogen-bond donors (Lipinski definition) is 1. The summed E-state index contributed by atoms with van der Waals surface area (Å²) in [6.45, 7) is 0. The largest absolute Gasteiger partial charge is 0.354 e. The highest BCUT2D eigenvalue weighted by Gasteiger charge is 2.06. The lowest BCUT2D eigenvalue weighted by Gasteiger charge is -1.97. The zero-order chi connectivity index (χ0) is 11.2. The van der Waals surface area contributed by atoms with Crippen LogP contribution in [0.3, 0.4) is 0 Å². The molecule has 80 valence electrons. The van der Waals surface area contributed by atoms with E-state index in [0.29, 0.717) is 0 Å². The zero-order valence-corrected chi connectivity index (χ0v) is 9.14. The van der Waals surface area contributed by atoms with Crippen molar-refractivity contribution >= 4 is 32.7 Å². The van der Waals surface area contributed by atoms with Gasteiger partial charge in [0.05, 0.1) is 11.0 Å². The summed E-state index contributed by atoms with van der Waals surface area (Å²) in [6, 6.07) is 16.6. The summed E-state index contributed by atoms with van der Waals surface area (Å²) in [4.78, 5) is 7.99. The maximum Gasteiger partial charge on any atom is 0.0723 e. The predicted octanol–water partition coefficient (Wildman–Crippen LogP) is 3.87. The van der Waals surface area contributed by atoms with Crippen LogP contribution in [0.1, 0.15) is 0 Å². The Morgan fingerprint density at radius 3 is 2.47 bits per heavy atom. The third-order valence-electron chi connectivity index (χ3n) is 3.25. The molecular formula is C15H10N2. The average Bonchev–Trinajstić information content (AvgIpc) is 2.78. The molecule has 0 unspecified atom stereocenters. The van der Waals surface area contributed by atoms with Crippen LogP contribution in [0.15, 0.2) is 54.7 Å². The van der Waals surface area contributed by atoms with Gasteiger partial charge in [-0.05, 0) is 12.1 Å². The fraction of sp³-hybridized carbons (Fsp3) is 0. The molecule has 0 saturated carbocycles. The van der Waals surface area contributed by atoms with Crippen molar-refractivity contribution in [2.75, 3.05) is 0 Å². The number of pyridine rings is 1. The molecular weight excluding hydrogens is 208 g/mol. The van der Waals surface area contributed by atoms with Crippen molar-refractivity contribution in [3.8, 4) is 0 Å². The summed E-state index contributed by atoms with van der Waals surface area (Å²) in [6.07, 6.45) is 1.95. The van der Waals surface area contributed by atoms with Gasteiger partial charge >= 0.3 is 0 Å². The van der Waals surface area contributed by atoms with Gasteiger partial charge in [0, 0.05) is 27.9 Å². The van der Waals surface area contributed by atoms with Crippen LogP contribution in [-0.2, 0) is 0 Å².